The minimum atomic E-state index is -0.934. The molecule has 0 saturated heterocycles. The zero-order valence-corrected chi connectivity index (χ0v) is 20.0. The lowest BCUT2D eigenvalue weighted by atomic mass is 9.97. The summed E-state index contributed by atoms with van der Waals surface area (Å²) < 4.78 is 5.87. The number of thioether (sulfide) groups is 1. The Hall–Kier alpha value is -3.36. The zero-order chi connectivity index (χ0) is 24.5. The minimum Gasteiger partial charge on any atom is -0.482 e. The average Bonchev–Trinajstić information content (AvgIpc) is 2.84. The molecule has 0 bridgehead atoms. The summed E-state index contributed by atoms with van der Waals surface area (Å²) in [6.07, 6.45) is 2.39. The molecule has 3 rings (SSSR count). The van der Waals surface area contributed by atoms with Gasteiger partial charge in [-0.3, -0.25) is 14.9 Å². The fourth-order valence-corrected chi connectivity index (χ4v) is 4.12. The molecule has 178 valence electrons. The number of nitro groups is 1. The Balaban J connectivity index is 1.73. The lowest BCUT2D eigenvalue weighted by Gasteiger charge is -2.15. The number of carbonyl (C=O) groups is 1. The molecular formula is C26H28N2O5S. The van der Waals surface area contributed by atoms with Crippen LogP contribution in [0, 0.1) is 17.0 Å². The molecule has 34 heavy (non-hydrogen) atoms. The summed E-state index contributed by atoms with van der Waals surface area (Å²) in [5.74, 6) is -0.0473. The summed E-state index contributed by atoms with van der Waals surface area (Å²) in [4.78, 5) is 22.6. The molecule has 0 amide bonds. The summed E-state index contributed by atoms with van der Waals surface area (Å²) in [6.45, 7) is 2.42. The van der Waals surface area contributed by atoms with E-state index in [0.29, 0.717) is 17.7 Å². The molecule has 0 aliphatic heterocycles. The number of carboxylic acids is 1. The SMILES string of the molecule is CSCCC(NCc1ccc(OCc2cccc(-c3ccccc3)c2C)c([N+](=O)[O-])c1)C(=O)O. The lowest BCUT2D eigenvalue weighted by molar-refractivity contribution is -0.386. The molecule has 1 atom stereocenters. The van der Waals surface area contributed by atoms with Crippen LogP contribution in [0.2, 0.25) is 0 Å². The van der Waals surface area contributed by atoms with E-state index in [1.165, 1.54) is 6.07 Å². The molecule has 0 aliphatic carbocycles. The maximum atomic E-state index is 11.7. The third-order valence-corrected chi connectivity index (χ3v) is 6.24. The first-order valence-electron chi connectivity index (χ1n) is 10.9. The molecule has 8 heteroatoms. The van der Waals surface area contributed by atoms with E-state index in [2.05, 4.69) is 5.32 Å². The number of carboxylic acid groups (broad SMARTS) is 1. The van der Waals surface area contributed by atoms with Gasteiger partial charge in [0.25, 0.3) is 0 Å². The highest BCUT2D eigenvalue weighted by Gasteiger charge is 2.19. The lowest BCUT2D eigenvalue weighted by Crippen LogP contribution is -2.36. The van der Waals surface area contributed by atoms with E-state index in [1.807, 2.05) is 61.7 Å². The Labute approximate surface area is 203 Å². The van der Waals surface area contributed by atoms with Crippen molar-refractivity contribution in [2.24, 2.45) is 0 Å². The van der Waals surface area contributed by atoms with Gasteiger partial charge in [0.2, 0.25) is 0 Å². The second-order valence-electron chi connectivity index (χ2n) is 7.86. The Bertz CT molecular complexity index is 1140. The van der Waals surface area contributed by atoms with Crippen LogP contribution in [0.1, 0.15) is 23.1 Å². The second kappa shape index (κ2) is 12.2. The van der Waals surface area contributed by atoms with E-state index in [0.717, 1.165) is 22.3 Å². The quantitative estimate of drug-likeness (QED) is 0.263. The van der Waals surface area contributed by atoms with Gasteiger partial charge in [-0.2, -0.15) is 11.8 Å². The zero-order valence-electron chi connectivity index (χ0n) is 19.2. The molecule has 7 nitrogen and oxygen atoms in total. The molecule has 0 heterocycles. The second-order valence-corrected chi connectivity index (χ2v) is 8.84. The van der Waals surface area contributed by atoms with Crippen LogP contribution in [0.5, 0.6) is 5.75 Å². The maximum Gasteiger partial charge on any atom is 0.320 e. The third-order valence-electron chi connectivity index (χ3n) is 5.60. The van der Waals surface area contributed by atoms with Crippen molar-refractivity contribution in [1.82, 2.24) is 5.32 Å². The first-order valence-corrected chi connectivity index (χ1v) is 12.3. The first kappa shape index (κ1) is 25.3. The molecule has 0 aliphatic rings. The fourth-order valence-electron chi connectivity index (χ4n) is 3.65. The molecule has 0 saturated carbocycles. The highest BCUT2D eigenvalue weighted by Crippen LogP contribution is 2.31. The summed E-state index contributed by atoms with van der Waals surface area (Å²) >= 11 is 1.57. The molecule has 2 N–H and O–H groups in total. The Morgan fingerprint density at radius 1 is 1.15 bits per heavy atom. The average molecular weight is 481 g/mol. The summed E-state index contributed by atoms with van der Waals surface area (Å²) in [5, 5.41) is 24.0. The van der Waals surface area contributed by atoms with Crippen molar-refractivity contribution in [1.29, 1.82) is 0 Å². The Morgan fingerprint density at radius 3 is 2.59 bits per heavy atom. The monoisotopic (exact) mass is 480 g/mol. The van der Waals surface area contributed by atoms with Crippen molar-refractivity contribution in [3.05, 3.63) is 93.5 Å². The van der Waals surface area contributed by atoms with Crippen molar-refractivity contribution >= 4 is 23.4 Å². The molecule has 1 unspecified atom stereocenters. The molecule has 3 aromatic carbocycles. The van der Waals surface area contributed by atoms with Crippen LogP contribution in [-0.2, 0) is 17.9 Å². The number of rotatable bonds is 12. The highest BCUT2D eigenvalue weighted by atomic mass is 32.2. The number of hydrogen-bond donors (Lipinski definition) is 2. The van der Waals surface area contributed by atoms with Gasteiger partial charge in [0, 0.05) is 12.6 Å². The predicted octanol–water partition coefficient (Wildman–Crippen LogP) is 5.45. The van der Waals surface area contributed by atoms with E-state index >= 15 is 0 Å². The summed E-state index contributed by atoms with van der Waals surface area (Å²) in [5.41, 5.74) is 4.67. The number of aliphatic carboxylic acids is 1. The molecule has 0 radical (unpaired) electrons. The largest absolute Gasteiger partial charge is 0.482 e. The number of hydrogen-bond acceptors (Lipinski definition) is 6. The van der Waals surface area contributed by atoms with Crippen LogP contribution in [0.25, 0.3) is 11.1 Å². The van der Waals surface area contributed by atoms with E-state index in [9.17, 15) is 20.0 Å². The van der Waals surface area contributed by atoms with Crippen LogP contribution >= 0.6 is 11.8 Å². The Morgan fingerprint density at radius 2 is 1.91 bits per heavy atom. The molecule has 3 aromatic rings. The molecular weight excluding hydrogens is 452 g/mol. The summed E-state index contributed by atoms with van der Waals surface area (Å²) in [7, 11) is 0. The molecule has 0 fully saturated rings. The van der Waals surface area contributed by atoms with Crippen LogP contribution in [-0.4, -0.2) is 34.0 Å². The number of nitro benzene ring substituents is 1. The highest BCUT2D eigenvalue weighted by molar-refractivity contribution is 7.98. The van der Waals surface area contributed by atoms with Crippen LogP contribution in [0.4, 0.5) is 5.69 Å². The summed E-state index contributed by atoms with van der Waals surface area (Å²) in [6, 6.07) is 20.0. The maximum absolute atomic E-state index is 11.7. The standard InChI is InChI=1S/C26H28N2O5S/c1-18-21(9-6-10-22(18)20-7-4-3-5-8-20)17-33-25-12-11-19(15-24(25)28(31)32)16-27-23(26(29)30)13-14-34-2/h3-12,15,23,27H,13-14,16-17H2,1-2H3,(H,29,30). The number of benzene rings is 3. The van der Waals surface area contributed by atoms with E-state index in [1.54, 1.807) is 23.9 Å². The number of nitrogens with one attached hydrogen (secondary N) is 1. The Kier molecular flexibility index (Phi) is 9.07. The van der Waals surface area contributed by atoms with Crippen molar-refractivity contribution in [3.8, 4) is 16.9 Å². The van der Waals surface area contributed by atoms with Gasteiger partial charge in [-0.1, -0.05) is 54.6 Å². The minimum absolute atomic E-state index is 0.146. The normalized spacial score (nSPS) is 11.7. The van der Waals surface area contributed by atoms with Gasteiger partial charge in [-0.15, -0.1) is 0 Å². The van der Waals surface area contributed by atoms with Gasteiger partial charge in [0.05, 0.1) is 4.92 Å². The molecule has 0 aromatic heterocycles. The van der Waals surface area contributed by atoms with Crippen molar-refractivity contribution in [2.45, 2.75) is 32.5 Å². The van der Waals surface area contributed by atoms with Gasteiger partial charge < -0.3 is 15.2 Å². The van der Waals surface area contributed by atoms with E-state index < -0.39 is 16.9 Å². The number of ether oxygens (including phenoxy) is 1. The van der Waals surface area contributed by atoms with Crippen LogP contribution in [0.15, 0.2) is 66.7 Å². The van der Waals surface area contributed by atoms with Gasteiger partial charge >= 0.3 is 11.7 Å². The van der Waals surface area contributed by atoms with Crippen LogP contribution < -0.4 is 10.1 Å². The molecule has 0 spiro atoms. The predicted molar refractivity (Wildman–Crippen MR) is 135 cm³/mol. The van der Waals surface area contributed by atoms with Gasteiger partial charge in [-0.05, 0) is 59.2 Å². The van der Waals surface area contributed by atoms with Gasteiger partial charge in [-0.25, -0.2) is 0 Å². The topological polar surface area (TPSA) is 102 Å². The van der Waals surface area contributed by atoms with E-state index in [4.69, 9.17) is 4.74 Å². The van der Waals surface area contributed by atoms with Crippen LogP contribution in [0.3, 0.4) is 0 Å². The first-order chi connectivity index (χ1) is 16.4. The van der Waals surface area contributed by atoms with Gasteiger partial charge in [0.15, 0.2) is 5.75 Å². The third kappa shape index (κ3) is 6.59. The number of nitrogens with zero attached hydrogens (tertiary/aromatic N) is 1. The van der Waals surface area contributed by atoms with Crippen molar-refractivity contribution in [3.63, 3.8) is 0 Å². The van der Waals surface area contributed by atoms with Crippen molar-refractivity contribution in [2.75, 3.05) is 12.0 Å². The smallest absolute Gasteiger partial charge is 0.320 e. The van der Waals surface area contributed by atoms with E-state index in [-0.39, 0.29) is 24.6 Å². The van der Waals surface area contributed by atoms with Crippen molar-refractivity contribution < 1.29 is 19.6 Å². The van der Waals surface area contributed by atoms with Gasteiger partial charge in [0.1, 0.15) is 12.6 Å². The fraction of sp³-hybridized carbons (Fsp3) is 0.269.